The Bertz CT molecular complexity index is 701. The van der Waals surface area contributed by atoms with Crippen molar-refractivity contribution in [3.63, 3.8) is 0 Å². The zero-order valence-corrected chi connectivity index (χ0v) is 13.8. The summed E-state index contributed by atoms with van der Waals surface area (Å²) in [5, 5.41) is 10.1. The summed E-state index contributed by atoms with van der Waals surface area (Å²) in [6, 6.07) is 12.9. The molecule has 3 N–H and O–H groups in total. The van der Waals surface area contributed by atoms with Crippen molar-refractivity contribution < 1.29 is 4.79 Å². The van der Waals surface area contributed by atoms with Crippen LogP contribution in [-0.2, 0) is 4.79 Å². The fourth-order valence-corrected chi connectivity index (χ4v) is 2.27. The van der Waals surface area contributed by atoms with Gasteiger partial charge in [0.05, 0.1) is 0 Å². The lowest BCUT2D eigenvalue weighted by atomic mass is 10.2. The number of thiocarbonyl (C=S) groups is 1. The minimum absolute atomic E-state index is 0.102. The largest absolute Gasteiger partial charge is 0.332 e. The van der Waals surface area contributed by atoms with Crippen molar-refractivity contribution in [2.75, 3.05) is 16.0 Å². The number of hydrogen-bond donors (Lipinski definition) is 3. The number of rotatable bonds is 3. The maximum absolute atomic E-state index is 11.0. The normalized spacial score (nSPS) is 9.95. The lowest BCUT2D eigenvalue weighted by molar-refractivity contribution is -0.114. The fourth-order valence-electron chi connectivity index (χ4n) is 1.87. The summed E-state index contributed by atoms with van der Waals surface area (Å²) >= 11 is 11.4. The SMILES string of the molecule is CC(=O)Nc1ccc(NC(=S)Nc2cccc(Cl)c2C)cc1. The van der Waals surface area contributed by atoms with Gasteiger partial charge in [-0.2, -0.15) is 0 Å². The molecule has 0 bridgehead atoms. The molecule has 6 heteroatoms. The molecule has 2 aromatic carbocycles. The van der Waals surface area contributed by atoms with E-state index in [1.165, 1.54) is 6.92 Å². The maximum Gasteiger partial charge on any atom is 0.221 e. The van der Waals surface area contributed by atoms with Crippen molar-refractivity contribution in [3.8, 4) is 0 Å². The van der Waals surface area contributed by atoms with Gasteiger partial charge in [0, 0.05) is 29.0 Å². The molecule has 22 heavy (non-hydrogen) atoms. The van der Waals surface area contributed by atoms with Gasteiger partial charge in [0.25, 0.3) is 0 Å². The maximum atomic E-state index is 11.0. The molecule has 4 nitrogen and oxygen atoms in total. The third-order valence-electron chi connectivity index (χ3n) is 2.98. The number of halogens is 1. The molecule has 0 radical (unpaired) electrons. The second-order valence-electron chi connectivity index (χ2n) is 4.75. The minimum Gasteiger partial charge on any atom is -0.332 e. The molecule has 114 valence electrons. The predicted octanol–water partition coefficient (Wildman–Crippen LogP) is 4.42. The smallest absolute Gasteiger partial charge is 0.221 e. The monoisotopic (exact) mass is 333 g/mol. The highest BCUT2D eigenvalue weighted by molar-refractivity contribution is 7.80. The zero-order chi connectivity index (χ0) is 16.1. The van der Waals surface area contributed by atoms with Gasteiger partial charge in [0.2, 0.25) is 5.91 Å². The van der Waals surface area contributed by atoms with Gasteiger partial charge in [-0.1, -0.05) is 17.7 Å². The van der Waals surface area contributed by atoms with Gasteiger partial charge in [-0.15, -0.1) is 0 Å². The summed E-state index contributed by atoms with van der Waals surface area (Å²) < 4.78 is 0. The van der Waals surface area contributed by atoms with Crippen LogP contribution in [0.25, 0.3) is 0 Å². The number of benzene rings is 2. The third kappa shape index (κ3) is 4.44. The van der Waals surface area contributed by atoms with Crippen LogP contribution in [0.3, 0.4) is 0 Å². The zero-order valence-electron chi connectivity index (χ0n) is 12.2. The first-order valence-corrected chi connectivity index (χ1v) is 7.45. The molecule has 0 heterocycles. The lowest BCUT2D eigenvalue weighted by Gasteiger charge is -2.13. The van der Waals surface area contributed by atoms with Gasteiger partial charge in [-0.3, -0.25) is 4.79 Å². The summed E-state index contributed by atoms with van der Waals surface area (Å²) in [5.74, 6) is -0.102. The van der Waals surface area contributed by atoms with Crippen molar-refractivity contribution in [2.24, 2.45) is 0 Å². The Morgan fingerprint density at radius 3 is 2.18 bits per heavy atom. The van der Waals surface area contributed by atoms with Gasteiger partial charge in [0.1, 0.15) is 0 Å². The van der Waals surface area contributed by atoms with Crippen molar-refractivity contribution in [3.05, 3.63) is 53.1 Å². The molecule has 0 aromatic heterocycles. The highest BCUT2D eigenvalue weighted by atomic mass is 35.5. The van der Waals surface area contributed by atoms with E-state index in [9.17, 15) is 4.79 Å². The van der Waals surface area contributed by atoms with E-state index in [4.69, 9.17) is 23.8 Å². The molecule has 0 saturated heterocycles. The van der Waals surface area contributed by atoms with Crippen LogP contribution in [-0.4, -0.2) is 11.0 Å². The Morgan fingerprint density at radius 1 is 1.00 bits per heavy atom. The number of amides is 1. The first-order chi connectivity index (χ1) is 10.5. The standard InChI is InChI=1S/C16H16ClN3OS/c1-10-14(17)4-3-5-15(10)20-16(22)19-13-8-6-12(7-9-13)18-11(2)21/h3-9H,1-2H3,(H,18,21)(H2,19,20,22). The van der Waals surface area contributed by atoms with Gasteiger partial charge >= 0.3 is 0 Å². The van der Waals surface area contributed by atoms with Gasteiger partial charge in [-0.25, -0.2) is 0 Å². The Hall–Kier alpha value is -2.11. The van der Waals surface area contributed by atoms with Crippen LogP contribution in [0, 0.1) is 6.92 Å². The quantitative estimate of drug-likeness (QED) is 0.728. The minimum atomic E-state index is -0.102. The van der Waals surface area contributed by atoms with E-state index >= 15 is 0 Å². The van der Waals surface area contributed by atoms with Gasteiger partial charge in [-0.05, 0) is 61.1 Å². The van der Waals surface area contributed by atoms with E-state index in [1.54, 1.807) is 12.1 Å². The molecule has 0 aliphatic carbocycles. The van der Waals surface area contributed by atoms with Crippen LogP contribution in [0.2, 0.25) is 5.02 Å². The summed E-state index contributed by atoms with van der Waals surface area (Å²) in [4.78, 5) is 11.0. The number of carbonyl (C=O) groups is 1. The second kappa shape index (κ2) is 7.24. The first-order valence-electron chi connectivity index (χ1n) is 6.66. The van der Waals surface area contributed by atoms with Crippen LogP contribution < -0.4 is 16.0 Å². The van der Waals surface area contributed by atoms with Crippen LogP contribution in [0.4, 0.5) is 17.1 Å². The van der Waals surface area contributed by atoms with Gasteiger partial charge < -0.3 is 16.0 Å². The summed E-state index contributed by atoms with van der Waals surface area (Å²) in [5.41, 5.74) is 3.36. The molecule has 0 aliphatic heterocycles. The van der Waals surface area contributed by atoms with E-state index in [-0.39, 0.29) is 5.91 Å². The molecule has 0 unspecified atom stereocenters. The molecule has 2 rings (SSSR count). The van der Waals surface area contributed by atoms with E-state index < -0.39 is 0 Å². The number of nitrogens with one attached hydrogen (secondary N) is 3. The molecule has 0 spiro atoms. The Balaban J connectivity index is 2.00. The van der Waals surface area contributed by atoms with E-state index in [2.05, 4.69) is 16.0 Å². The van der Waals surface area contributed by atoms with E-state index in [1.807, 2.05) is 37.3 Å². The van der Waals surface area contributed by atoms with Crippen LogP contribution in [0.15, 0.2) is 42.5 Å². The lowest BCUT2D eigenvalue weighted by Crippen LogP contribution is -2.19. The predicted molar refractivity (Wildman–Crippen MR) is 96.8 cm³/mol. The van der Waals surface area contributed by atoms with Crippen LogP contribution in [0.5, 0.6) is 0 Å². The Labute approximate surface area is 139 Å². The highest BCUT2D eigenvalue weighted by Crippen LogP contribution is 2.23. The van der Waals surface area contributed by atoms with Crippen molar-refractivity contribution in [2.45, 2.75) is 13.8 Å². The van der Waals surface area contributed by atoms with E-state index in [0.29, 0.717) is 10.1 Å². The molecule has 0 fully saturated rings. The fraction of sp³-hybridized carbons (Fsp3) is 0.125. The topological polar surface area (TPSA) is 53.2 Å². The van der Waals surface area contributed by atoms with Crippen LogP contribution in [0.1, 0.15) is 12.5 Å². The van der Waals surface area contributed by atoms with Crippen molar-refractivity contribution in [1.29, 1.82) is 0 Å². The Kier molecular flexibility index (Phi) is 5.35. The molecule has 1 amide bonds. The van der Waals surface area contributed by atoms with E-state index in [0.717, 1.165) is 22.6 Å². The molecule has 0 atom stereocenters. The summed E-state index contributed by atoms with van der Waals surface area (Å²) in [6.07, 6.45) is 0. The van der Waals surface area contributed by atoms with Crippen molar-refractivity contribution in [1.82, 2.24) is 0 Å². The number of anilines is 3. The second-order valence-corrected chi connectivity index (χ2v) is 5.57. The van der Waals surface area contributed by atoms with Crippen LogP contribution >= 0.6 is 23.8 Å². The molecular formula is C16H16ClN3OS. The average molecular weight is 334 g/mol. The first kappa shape index (κ1) is 16.3. The molecular weight excluding hydrogens is 318 g/mol. The van der Waals surface area contributed by atoms with Crippen molar-refractivity contribution >= 4 is 51.9 Å². The molecule has 0 saturated carbocycles. The summed E-state index contributed by atoms with van der Waals surface area (Å²) in [6.45, 7) is 3.40. The van der Waals surface area contributed by atoms with Gasteiger partial charge in [0.15, 0.2) is 5.11 Å². The molecule has 0 aliphatic rings. The number of carbonyl (C=O) groups excluding carboxylic acids is 1. The highest BCUT2D eigenvalue weighted by Gasteiger charge is 2.04. The molecule has 2 aromatic rings. The number of hydrogen-bond acceptors (Lipinski definition) is 2. The third-order valence-corrected chi connectivity index (χ3v) is 3.59. The Morgan fingerprint density at radius 2 is 1.59 bits per heavy atom. The average Bonchev–Trinajstić information content (AvgIpc) is 2.45. The summed E-state index contributed by atoms with van der Waals surface area (Å²) in [7, 11) is 0.